The molecule has 372 valence electrons. The molecule has 5 saturated heterocycles. The Kier molecular flexibility index (Phi) is 13.6. The van der Waals surface area contributed by atoms with E-state index in [1.54, 1.807) is 7.11 Å². The minimum atomic E-state index is -1.73. The van der Waals surface area contributed by atoms with Crippen molar-refractivity contribution in [2.75, 3.05) is 20.3 Å². The predicted molar refractivity (Wildman–Crippen MR) is 222 cm³/mol. The van der Waals surface area contributed by atoms with Gasteiger partial charge in [0.25, 0.3) is 0 Å². The molecule has 8 fully saturated rings. The largest absolute Gasteiger partial charge is 0.394 e. The molecule has 1 spiro atoms. The molecule has 3 saturated carbocycles. The van der Waals surface area contributed by atoms with E-state index in [1.807, 2.05) is 0 Å². The van der Waals surface area contributed by atoms with E-state index >= 15 is 0 Å². The zero-order valence-corrected chi connectivity index (χ0v) is 38.3. The van der Waals surface area contributed by atoms with E-state index in [0.29, 0.717) is 31.1 Å². The second kappa shape index (κ2) is 18.0. The van der Waals surface area contributed by atoms with Crippen LogP contribution in [-0.4, -0.2) is 193 Å². The first-order chi connectivity index (χ1) is 30.7. The van der Waals surface area contributed by atoms with Crippen LogP contribution in [0.25, 0.3) is 0 Å². The first kappa shape index (κ1) is 49.0. The summed E-state index contributed by atoms with van der Waals surface area (Å²) < 4.78 is 55.1. The molecule has 19 heteroatoms. The molecule has 9 rings (SSSR count). The van der Waals surface area contributed by atoms with Crippen LogP contribution in [0.1, 0.15) is 92.4 Å². The van der Waals surface area contributed by atoms with Crippen molar-refractivity contribution in [2.24, 2.45) is 40.4 Å². The molecule has 0 aromatic carbocycles. The predicted octanol–water partition coefficient (Wildman–Crippen LogP) is -0.698. The first-order valence-electron chi connectivity index (χ1n) is 24.0. The molecule has 65 heavy (non-hydrogen) atoms. The number of fused-ring (bicyclic) bond motifs is 7. The van der Waals surface area contributed by atoms with E-state index in [-0.39, 0.29) is 41.0 Å². The maximum absolute atomic E-state index is 12.9. The standard InChI is InChI=1S/C46H74O19/c1-19-9-14-45(65-39(19)57-6)21(3)46(56)29(64-45)16-26-24-8-7-22-15-23(10-12-43(22,4)25(24)11-13-44(26,46)5)60-42-38(63-41-37(55)33(51)30(48)20(2)59-41)35(53)32(50)28(62-42)18-58-40-36(54)34(52)31(49)27(17-47)61-40/h7,19-21,23-42,47-56H,8-18H2,1-6H3. The van der Waals surface area contributed by atoms with E-state index in [9.17, 15) is 51.1 Å². The highest BCUT2D eigenvalue weighted by molar-refractivity contribution is 5.29. The van der Waals surface area contributed by atoms with Crippen LogP contribution in [0, 0.1) is 40.4 Å². The van der Waals surface area contributed by atoms with Crippen LogP contribution in [-0.2, 0) is 42.6 Å². The Morgan fingerprint density at radius 1 is 0.692 bits per heavy atom. The van der Waals surface area contributed by atoms with Crippen molar-refractivity contribution in [3.8, 4) is 0 Å². The lowest BCUT2D eigenvalue weighted by Gasteiger charge is -2.60. The number of ether oxygens (including phenoxy) is 9. The van der Waals surface area contributed by atoms with Gasteiger partial charge in [-0.05, 0) is 81.5 Å². The molecule has 0 aromatic heterocycles. The maximum Gasteiger partial charge on any atom is 0.187 e. The summed E-state index contributed by atoms with van der Waals surface area (Å²) in [7, 11) is 1.66. The molecule has 5 aliphatic heterocycles. The maximum atomic E-state index is 12.9. The summed E-state index contributed by atoms with van der Waals surface area (Å²) in [4.78, 5) is 0. The quantitative estimate of drug-likeness (QED) is 0.128. The van der Waals surface area contributed by atoms with Crippen molar-refractivity contribution in [1.82, 2.24) is 0 Å². The molecule has 0 radical (unpaired) electrons. The van der Waals surface area contributed by atoms with Gasteiger partial charge in [-0.25, -0.2) is 0 Å². The van der Waals surface area contributed by atoms with Crippen molar-refractivity contribution in [3.05, 3.63) is 11.6 Å². The summed E-state index contributed by atoms with van der Waals surface area (Å²) in [6.45, 7) is 9.14. The number of hydrogen-bond acceptors (Lipinski definition) is 19. The fourth-order valence-corrected chi connectivity index (χ4v) is 14.1. The third-order valence-corrected chi connectivity index (χ3v) is 18.3. The van der Waals surface area contributed by atoms with Crippen LogP contribution < -0.4 is 0 Å². The Bertz CT molecular complexity index is 1720. The lowest BCUT2D eigenvalue weighted by Crippen LogP contribution is -2.65. The summed E-state index contributed by atoms with van der Waals surface area (Å²) in [6, 6.07) is 0. The van der Waals surface area contributed by atoms with Crippen molar-refractivity contribution in [1.29, 1.82) is 0 Å². The average Bonchev–Trinajstić information content (AvgIpc) is 3.64. The van der Waals surface area contributed by atoms with E-state index in [4.69, 9.17) is 42.6 Å². The van der Waals surface area contributed by atoms with Gasteiger partial charge in [-0.15, -0.1) is 0 Å². The zero-order valence-electron chi connectivity index (χ0n) is 38.3. The van der Waals surface area contributed by atoms with Gasteiger partial charge in [0, 0.05) is 30.8 Å². The van der Waals surface area contributed by atoms with E-state index in [0.717, 1.165) is 38.5 Å². The minimum absolute atomic E-state index is 0.152. The molecule has 9 aliphatic rings. The van der Waals surface area contributed by atoms with E-state index in [1.165, 1.54) is 12.5 Å². The number of aliphatic hydroxyl groups excluding tert-OH is 9. The lowest BCUT2D eigenvalue weighted by molar-refractivity contribution is -0.375. The average molecular weight is 931 g/mol. The first-order valence-corrected chi connectivity index (χ1v) is 24.0. The van der Waals surface area contributed by atoms with Gasteiger partial charge in [0.2, 0.25) is 0 Å². The fourth-order valence-electron chi connectivity index (χ4n) is 14.1. The Morgan fingerprint density at radius 2 is 1.38 bits per heavy atom. The molecule has 0 aromatic rings. The zero-order chi connectivity index (χ0) is 46.7. The second-order valence-electron chi connectivity index (χ2n) is 21.5. The summed E-state index contributed by atoms with van der Waals surface area (Å²) >= 11 is 0. The normalized spacial score (nSPS) is 57.8. The van der Waals surface area contributed by atoms with Gasteiger partial charge in [0.1, 0.15) is 72.7 Å². The van der Waals surface area contributed by atoms with Crippen LogP contribution in [0.5, 0.6) is 0 Å². The molecule has 27 unspecified atom stereocenters. The highest BCUT2D eigenvalue weighted by Gasteiger charge is 2.76. The number of hydrogen-bond donors (Lipinski definition) is 10. The third kappa shape index (κ3) is 7.74. The van der Waals surface area contributed by atoms with Gasteiger partial charge in [-0.2, -0.15) is 0 Å². The van der Waals surface area contributed by atoms with Crippen molar-refractivity contribution in [2.45, 2.75) is 214 Å². The molecule has 10 N–H and O–H groups in total. The number of aliphatic hydroxyl groups is 10. The molecular weight excluding hydrogens is 856 g/mol. The van der Waals surface area contributed by atoms with Crippen molar-refractivity contribution >= 4 is 0 Å². The van der Waals surface area contributed by atoms with Gasteiger partial charge < -0.3 is 93.7 Å². The lowest BCUT2D eigenvalue weighted by atomic mass is 9.46. The third-order valence-electron chi connectivity index (χ3n) is 18.3. The SMILES string of the molecule is COC1OC2(CCC1C)OC1CC3C4CC=C5CC(OC6OC(COC7OC(CO)C(O)C(O)C7O)C(O)C(O)C6OC6OC(C)C(O)C(O)C6O)CCC5(C)C4CCC3(C)C1(O)C2C. The second-order valence-corrected chi connectivity index (χ2v) is 21.5. The number of rotatable bonds is 9. The summed E-state index contributed by atoms with van der Waals surface area (Å²) in [5.74, 6) is 0.0340. The highest BCUT2D eigenvalue weighted by Crippen LogP contribution is 2.72. The van der Waals surface area contributed by atoms with Crippen LogP contribution in [0.2, 0.25) is 0 Å². The van der Waals surface area contributed by atoms with Gasteiger partial charge in [-0.1, -0.05) is 39.3 Å². The summed E-state index contributed by atoms with van der Waals surface area (Å²) in [6.07, 6.45) is -14.7. The summed E-state index contributed by atoms with van der Waals surface area (Å²) in [5.41, 5.74) is -0.327. The fraction of sp³-hybridized carbons (Fsp3) is 0.957. The van der Waals surface area contributed by atoms with Gasteiger partial charge >= 0.3 is 0 Å². The van der Waals surface area contributed by atoms with Gasteiger partial charge in [0.15, 0.2) is 30.9 Å². The van der Waals surface area contributed by atoms with E-state index < -0.39 is 123 Å². The molecular formula is C46H74O19. The van der Waals surface area contributed by atoms with Crippen molar-refractivity contribution in [3.63, 3.8) is 0 Å². The topological polar surface area (TPSA) is 285 Å². The number of methoxy groups -OCH3 is 1. The highest BCUT2D eigenvalue weighted by atomic mass is 16.8. The summed E-state index contributed by atoms with van der Waals surface area (Å²) in [5, 5.41) is 108. The molecule has 0 amide bonds. The molecule has 27 atom stereocenters. The Hall–Kier alpha value is -1.02. The molecule has 4 aliphatic carbocycles. The monoisotopic (exact) mass is 930 g/mol. The molecule has 19 nitrogen and oxygen atoms in total. The van der Waals surface area contributed by atoms with Crippen molar-refractivity contribution < 1.29 is 93.7 Å². The van der Waals surface area contributed by atoms with Gasteiger partial charge in [0.05, 0.1) is 31.5 Å². The molecule has 5 heterocycles. The van der Waals surface area contributed by atoms with Crippen LogP contribution in [0.3, 0.4) is 0 Å². The van der Waals surface area contributed by atoms with Crippen LogP contribution in [0.15, 0.2) is 11.6 Å². The smallest absolute Gasteiger partial charge is 0.187 e. The Morgan fingerprint density at radius 3 is 2.11 bits per heavy atom. The van der Waals surface area contributed by atoms with Crippen LogP contribution in [0.4, 0.5) is 0 Å². The Balaban J connectivity index is 0.911. The van der Waals surface area contributed by atoms with Crippen LogP contribution >= 0.6 is 0 Å². The Labute approximate surface area is 379 Å². The van der Waals surface area contributed by atoms with E-state index in [2.05, 4.69) is 33.8 Å². The van der Waals surface area contributed by atoms with Gasteiger partial charge in [-0.3, -0.25) is 0 Å². The molecule has 0 bridgehead atoms. The minimum Gasteiger partial charge on any atom is -0.394 e. The number of allylic oxidation sites excluding steroid dienone is 1.